The van der Waals surface area contributed by atoms with Gasteiger partial charge in [-0.3, -0.25) is 4.79 Å². The monoisotopic (exact) mass is 699 g/mol. The topological polar surface area (TPSA) is 82.1 Å². The Morgan fingerprint density at radius 2 is 1.52 bits per heavy atom. The van der Waals surface area contributed by atoms with Gasteiger partial charge in [0.1, 0.15) is 23.9 Å². The molecule has 46 heavy (non-hydrogen) atoms. The normalized spacial score (nSPS) is 14.4. The van der Waals surface area contributed by atoms with Gasteiger partial charge in [0.05, 0.1) is 31.6 Å². The van der Waals surface area contributed by atoms with Gasteiger partial charge >= 0.3 is 0 Å². The van der Waals surface area contributed by atoms with Crippen molar-refractivity contribution in [2.24, 2.45) is 0 Å². The number of amides is 1. The number of sulfonamides is 1. The third kappa shape index (κ3) is 6.34. The smallest absolute Gasteiger partial charge is 0.267 e. The lowest BCUT2D eigenvalue weighted by molar-refractivity contribution is -0.128. The number of ether oxygens (including phenoxy) is 3. The molecule has 1 aliphatic carbocycles. The average Bonchev–Trinajstić information content (AvgIpc) is 3.09. The Balaban J connectivity index is 1.40. The summed E-state index contributed by atoms with van der Waals surface area (Å²) >= 11 is 3.69. The van der Waals surface area contributed by atoms with Crippen molar-refractivity contribution in [3.05, 3.63) is 130 Å². The SMILES string of the molecule is COc1cccc(COc2ccc(Br)c3c2CCCC3C(=O)N(Cc2cccc(OC)c2)S(=O)(=O)c2cccc3ccccc23)c1. The number of nitrogens with zero attached hydrogens (tertiary/aromatic N) is 1. The molecular weight excluding hydrogens is 666 g/mol. The van der Waals surface area contributed by atoms with Crippen LogP contribution in [0.25, 0.3) is 10.8 Å². The van der Waals surface area contributed by atoms with E-state index in [1.165, 1.54) is 0 Å². The lowest BCUT2D eigenvalue weighted by Crippen LogP contribution is -2.40. The Labute approximate surface area is 277 Å². The molecule has 236 valence electrons. The van der Waals surface area contributed by atoms with Crippen LogP contribution in [0.5, 0.6) is 17.2 Å². The minimum Gasteiger partial charge on any atom is -0.497 e. The van der Waals surface area contributed by atoms with E-state index in [0.29, 0.717) is 48.3 Å². The van der Waals surface area contributed by atoms with E-state index in [4.69, 9.17) is 14.2 Å². The van der Waals surface area contributed by atoms with Crippen molar-refractivity contribution in [3.63, 3.8) is 0 Å². The highest BCUT2D eigenvalue weighted by atomic mass is 79.9. The molecule has 1 atom stereocenters. The summed E-state index contributed by atoms with van der Waals surface area (Å²) in [6.07, 6.45) is 1.91. The van der Waals surface area contributed by atoms with Crippen molar-refractivity contribution in [2.75, 3.05) is 14.2 Å². The molecule has 9 heteroatoms. The summed E-state index contributed by atoms with van der Waals surface area (Å²) < 4.78 is 48.0. The Morgan fingerprint density at radius 3 is 2.28 bits per heavy atom. The first kappa shape index (κ1) is 31.6. The molecule has 7 nitrogen and oxygen atoms in total. The van der Waals surface area contributed by atoms with Crippen LogP contribution in [0.4, 0.5) is 0 Å². The molecule has 0 saturated carbocycles. The van der Waals surface area contributed by atoms with Crippen molar-refractivity contribution in [1.82, 2.24) is 4.31 Å². The molecule has 0 heterocycles. The molecule has 1 aliphatic rings. The molecule has 5 aromatic carbocycles. The molecule has 0 saturated heterocycles. The second kappa shape index (κ2) is 13.6. The fraction of sp³-hybridized carbons (Fsp3) is 0.216. The van der Waals surface area contributed by atoms with E-state index in [0.717, 1.165) is 36.6 Å². The highest BCUT2D eigenvalue weighted by Crippen LogP contribution is 2.43. The fourth-order valence-electron chi connectivity index (χ4n) is 6.11. The van der Waals surface area contributed by atoms with E-state index in [-0.39, 0.29) is 11.4 Å². The van der Waals surface area contributed by atoms with Gasteiger partial charge in [-0.2, -0.15) is 0 Å². The van der Waals surface area contributed by atoms with Crippen LogP contribution in [0.15, 0.2) is 112 Å². The highest BCUT2D eigenvalue weighted by molar-refractivity contribution is 9.10. The lowest BCUT2D eigenvalue weighted by Gasteiger charge is -2.32. The molecule has 0 aromatic heterocycles. The number of hydrogen-bond donors (Lipinski definition) is 0. The number of benzene rings is 5. The van der Waals surface area contributed by atoms with E-state index in [2.05, 4.69) is 15.9 Å². The summed E-state index contributed by atoms with van der Waals surface area (Å²) in [6.45, 7) is 0.179. The maximum absolute atomic E-state index is 14.7. The van der Waals surface area contributed by atoms with Gasteiger partial charge in [-0.15, -0.1) is 0 Å². The zero-order chi connectivity index (χ0) is 32.3. The van der Waals surface area contributed by atoms with Crippen LogP contribution in [-0.2, 0) is 34.4 Å². The van der Waals surface area contributed by atoms with E-state index in [1.54, 1.807) is 62.8 Å². The van der Waals surface area contributed by atoms with Crippen LogP contribution in [0.3, 0.4) is 0 Å². The number of carbonyl (C=O) groups is 1. The first-order chi connectivity index (χ1) is 22.3. The first-order valence-electron chi connectivity index (χ1n) is 15.0. The third-order valence-electron chi connectivity index (χ3n) is 8.38. The second-order valence-corrected chi connectivity index (χ2v) is 13.9. The minimum absolute atomic E-state index is 0.0901. The molecule has 0 bridgehead atoms. The highest BCUT2D eigenvalue weighted by Gasteiger charge is 2.39. The predicted molar refractivity (Wildman–Crippen MR) is 182 cm³/mol. The van der Waals surface area contributed by atoms with Gasteiger partial charge < -0.3 is 14.2 Å². The predicted octanol–water partition coefficient (Wildman–Crippen LogP) is 8.04. The summed E-state index contributed by atoms with van der Waals surface area (Å²) in [4.78, 5) is 14.8. The zero-order valence-corrected chi connectivity index (χ0v) is 28.0. The van der Waals surface area contributed by atoms with Gasteiger partial charge in [-0.25, -0.2) is 12.7 Å². The van der Waals surface area contributed by atoms with Gasteiger partial charge in [0.2, 0.25) is 5.91 Å². The number of hydrogen-bond acceptors (Lipinski definition) is 6. The number of carbonyl (C=O) groups excluding carboxylic acids is 1. The van der Waals surface area contributed by atoms with Crippen molar-refractivity contribution >= 4 is 42.6 Å². The molecule has 5 aromatic rings. The largest absolute Gasteiger partial charge is 0.497 e. The van der Waals surface area contributed by atoms with Crippen molar-refractivity contribution in [2.45, 2.75) is 43.2 Å². The zero-order valence-electron chi connectivity index (χ0n) is 25.6. The molecule has 0 spiro atoms. The standard InChI is InChI=1S/C37H34BrNO6S/c1-43-28-13-5-9-25(21-28)23-39(46(41,42)35-18-7-12-27-11-3-4-15-30(27)35)37(40)32-17-8-16-31-34(20-19-33(38)36(31)32)45-24-26-10-6-14-29(22-26)44-2/h3-7,9-15,18-22,32H,8,16-17,23-24H2,1-2H3. The van der Waals surface area contributed by atoms with Gasteiger partial charge in [-0.1, -0.05) is 76.6 Å². The maximum atomic E-state index is 14.7. The summed E-state index contributed by atoms with van der Waals surface area (Å²) in [6, 6.07) is 31.0. The molecule has 0 fully saturated rings. The molecule has 1 amide bonds. The number of halogens is 1. The fourth-order valence-corrected chi connectivity index (χ4v) is 8.40. The Kier molecular flexibility index (Phi) is 9.33. The summed E-state index contributed by atoms with van der Waals surface area (Å²) in [5.74, 6) is 0.815. The van der Waals surface area contributed by atoms with E-state index < -0.39 is 21.8 Å². The third-order valence-corrected chi connectivity index (χ3v) is 10.9. The Hall–Kier alpha value is -4.34. The molecule has 0 aliphatic heterocycles. The molecule has 0 N–H and O–H groups in total. The van der Waals surface area contributed by atoms with Crippen LogP contribution in [0, 0.1) is 0 Å². The van der Waals surface area contributed by atoms with Crippen molar-refractivity contribution in [3.8, 4) is 17.2 Å². The molecule has 1 unspecified atom stereocenters. The first-order valence-corrected chi connectivity index (χ1v) is 17.3. The number of methoxy groups -OCH3 is 2. The van der Waals surface area contributed by atoms with E-state index in [9.17, 15) is 13.2 Å². The Bertz CT molecular complexity index is 2010. The van der Waals surface area contributed by atoms with Crippen LogP contribution in [-0.4, -0.2) is 32.8 Å². The maximum Gasteiger partial charge on any atom is 0.267 e. The lowest BCUT2D eigenvalue weighted by atomic mass is 9.81. The Morgan fingerprint density at radius 1 is 0.848 bits per heavy atom. The van der Waals surface area contributed by atoms with Gasteiger partial charge in [0, 0.05) is 9.86 Å². The molecule has 0 radical (unpaired) electrons. The molecule has 6 rings (SSSR count). The molecular formula is C37H34BrNO6S. The van der Waals surface area contributed by atoms with Gasteiger partial charge in [-0.05, 0) is 89.4 Å². The van der Waals surface area contributed by atoms with Gasteiger partial charge in [0.15, 0.2) is 0 Å². The minimum atomic E-state index is -4.29. The van der Waals surface area contributed by atoms with Crippen LogP contribution in [0.1, 0.15) is 41.0 Å². The van der Waals surface area contributed by atoms with E-state index >= 15 is 0 Å². The quantitative estimate of drug-likeness (QED) is 0.147. The van der Waals surface area contributed by atoms with Crippen molar-refractivity contribution in [1.29, 1.82) is 0 Å². The second-order valence-electron chi connectivity index (χ2n) is 11.2. The van der Waals surface area contributed by atoms with Crippen molar-refractivity contribution < 1.29 is 27.4 Å². The summed E-state index contributed by atoms with van der Waals surface area (Å²) in [5, 5.41) is 1.34. The summed E-state index contributed by atoms with van der Waals surface area (Å²) in [5.41, 5.74) is 3.26. The average molecular weight is 701 g/mol. The van der Waals surface area contributed by atoms with Gasteiger partial charge in [0.25, 0.3) is 10.0 Å². The van der Waals surface area contributed by atoms with Crippen LogP contribution >= 0.6 is 15.9 Å². The van der Waals surface area contributed by atoms with E-state index in [1.807, 2.05) is 54.6 Å². The summed E-state index contributed by atoms with van der Waals surface area (Å²) in [7, 11) is -1.11. The number of fused-ring (bicyclic) bond motifs is 2. The van der Waals surface area contributed by atoms with Crippen LogP contribution < -0.4 is 14.2 Å². The number of rotatable bonds is 10. The van der Waals surface area contributed by atoms with Crippen LogP contribution in [0.2, 0.25) is 0 Å².